The maximum Gasteiger partial charge on any atom is 0.278 e. The molecule has 0 radical (unpaired) electrons. The number of carbonyl (C=O) groups is 3. The van der Waals surface area contributed by atoms with Gasteiger partial charge in [0, 0.05) is 28.2 Å². The molecule has 16 heteroatoms. The summed E-state index contributed by atoms with van der Waals surface area (Å²) in [6.07, 6.45) is 9.29. The molecule has 1 saturated carbocycles. The van der Waals surface area contributed by atoms with E-state index in [0.717, 1.165) is 42.0 Å². The minimum absolute atomic E-state index is 0.00466. The number of anilines is 1. The van der Waals surface area contributed by atoms with E-state index in [1.165, 1.54) is 16.7 Å². The molecule has 2 amide bonds. The van der Waals surface area contributed by atoms with Gasteiger partial charge in [0.2, 0.25) is 22.7 Å². The largest absolute Gasteiger partial charge is 0.543 e. The Hall–Kier alpha value is -3.50. The summed E-state index contributed by atoms with van der Waals surface area (Å²) in [6.45, 7) is 0.296. The number of aromatic nitrogens is 4. The van der Waals surface area contributed by atoms with Crippen LogP contribution in [0.2, 0.25) is 0 Å². The number of amides is 2. The van der Waals surface area contributed by atoms with Crippen LogP contribution in [0.5, 0.6) is 0 Å². The smallest absolute Gasteiger partial charge is 0.278 e. The van der Waals surface area contributed by atoms with Gasteiger partial charge in [-0.25, -0.2) is 4.57 Å². The van der Waals surface area contributed by atoms with Gasteiger partial charge in [-0.2, -0.15) is 13.8 Å². The predicted molar refractivity (Wildman–Crippen MR) is 137 cm³/mol. The zero-order chi connectivity index (χ0) is 26.4. The lowest BCUT2D eigenvalue weighted by molar-refractivity contribution is -0.687. The molecule has 2 fully saturated rings. The highest BCUT2D eigenvalue weighted by Crippen LogP contribution is 2.40. The minimum Gasteiger partial charge on any atom is -0.543 e. The van der Waals surface area contributed by atoms with Crippen molar-refractivity contribution in [1.82, 2.24) is 24.0 Å². The Labute approximate surface area is 228 Å². The molecule has 0 unspecified atom stereocenters. The first kappa shape index (κ1) is 24.8. The summed E-state index contributed by atoms with van der Waals surface area (Å²) in [6, 6.07) is -0.955. The number of imidazole rings is 1. The molecule has 3 aliphatic rings. The number of nitrogens with zero attached hydrogens (tertiary/aromatic N) is 6. The summed E-state index contributed by atoms with van der Waals surface area (Å²) >= 11 is 3.85. The summed E-state index contributed by atoms with van der Waals surface area (Å²) in [5, 5.41) is 20.3. The molecule has 13 nitrogen and oxygen atoms in total. The molecule has 2 aliphatic heterocycles. The van der Waals surface area contributed by atoms with Gasteiger partial charge in [0.15, 0.2) is 5.13 Å². The van der Waals surface area contributed by atoms with Crippen LogP contribution in [0.15, 0.2) is 40.5 Å². The molecule has 5 heterocycles. The van der Waals surface area contributed by atoms with E-state index < -0.39 is 29.2 Å². The highest BCUT2D eigenvalue weighted by molar-refractivity contribution is 8.00. The zero-order valence-electron chi connectivity index (χ0n) is 19.8. The standard InChI is InChI=1S/C22H22N8O5S3/c23-22-25-17(27-38-22)14(26-35-12-3-1-2-4-12)18(31)24-15-19(32)30-16(21(33)34)11(9-37-20(15)30)7-28-8-13-29(10-28)5-6-36-13/h5-6,8,10,12,15,20H,1-4,7,9H2,(H3-,23,24,25,27,31,33,34)/b26-14-/t15-,20-/m1/s1. The van der Waals surface area contributed by atoms with Crippen LogP contribution in [0.4, 0.5) is 5.13 Å². The van der Waals surface area contributed by atoms with Gasteiger partial charge < -0.3 is 25.8 Å². The first-order valence-electron chi connectivity index (χ1n) is 11.9. The fraction of sp³-hybridized carbons (Fsp3) is 0.409. The van der Waals surface area contributed by atoms with Gasteiger partial charge in [-0.05, 0) is 25.7 Å². The number of carbonyl (C=O) groups excluding carboxylic acids is 3. The van der Waals surface area contributed by atoms with Gasteiger partial charge >= 0.3 is 0 Å². The van der Waals surface area contributed by atoms with E-state index in [-0.39, 0.29) is 28.5 Å². The van der Waals surface area contributed by atoms with Crippen molar-refractivity contribution >= 4 is 68.1 Å². The first-order valence-corrected chi connectivity index (χ1v) is 14.6. The topological polar surface area (TPSA) is 171 Å². The Morgan fingerprint density at radius 2 is 2.16 bits per heavy atom. The Balaban J connectivity index is 1.20. The number of aliphatic carboxylic acids is 1. The third kappa shape index (κ3) is 4.52. The highest BCUT2D eigenvalue weighted by Gasteiger charge is 2.53. The molecule has 3 aromatic heterocycles. The second-order valence-electron chi connectivity index (χ2n) is 9.07. The maximum atomic E-state index is 13.2. The first-order chi connectivity index (χ1) is 18.4. The van der Waals surface area contributed by atoms with Crippen molar-refractivity contribution in [2.24, 2.45) is 5.16 Å². The molecular formula is C22H22N8O5S3. The van der Waals surface area contributed by atoms with E-state index in [4.69, 9.17) is 10.6 Å². The lowest BCUT2D eigenvalue weighted by Crippen LogP contribution is -2.71. The van der Waals surface area contributed by atoms with Gasteiger partial charge in [-0.1, -0.05) is 16.5 Å². The number of rotatable bonds is 8. The van der Waals surface area contributed by atoms with Crippen molar-refractivity contribution in [3.8, 4) is 0 Å². The molecule has 198 valence electrons. The van der Waals surface area contributed by atoms with Crippen molar-refractivity contribution in [2.75, 3.05) is 11.5 Å². The highest BCUT2D eigenvalue weighted by atomic mass is 32.2. The van der Waals surface area contributed by atoms with E-state index >= 15 is 0 Å². The number of hydrogen-bond acceptors (Lipinski definition) is 12. The lowest BCUT2D eigenvalue weighted by atomic mass is 10.0. The molecule has 0 aromatic carbocycles. The van der Waals surface area contributed by atoms with Gasteiger partial charge in [-0.15, -0.1) is 11.8 Å². The van der Waals surface area contributed by atoms with E-state index in [1.54, 1.807) is 11.3 Å². The number of β-lactam (4-membered cyclic amide) rings is 1. The Bertz CT molecular complexity index is 1460. The summed E-state index contributed by atoms with van der Waals surface area (Å²) in [5.41, 5.74) is 5.92. The number of carboxylic acid groups (broad SMARTS) is 1. The van der Waals surface area contributed by atoms with Crippen LogP contribution >= 0.6 is 34.6 Å². The Kier molecular flexibility index (Phi) is 6.53. The van der Waals surface area contributed by atoms with E-state index in [1.807, 2.05) is 33.1 Å². The summed E-state index contributed by atoms with van der Waals surface area (Å²) < 4.78 is 7.87. The number of thiazole rings is 1. The predicted octanol–water partition coefficient (Wildman–Crippen LogP) is -0.511. The monoisotopic (exact) mass is 574 g/mol. The normalized spacial score (nSPS) is 22.1. The third-order valence-electron chi connectivity index (χ3n) is 6.58. The molecule has 1 aliphatic carbocycles. The molecule has 3 aromatic rings. The second-order valence-corrected chi connectivity index (χ2v) is 11.9. The molecule has 2 atom stereocenters. The summed E-state index contributed by atoms with van der Waals surface area (Å²) in [7, 11) is 0. The molecule has 0 bridgehead atoms. The van der Waals surface area contributed by atoms with Crippen LogP contribution in [0.3, 0.4) is 0 Å². The average Bonchev–Trinajstić information content (AvgIpc) is 3.68. The van der Waals surface area contributed by atoms with Crippen LogP contribution < -0.4 is 20.7 Å². The average molecular weight is 575 g/mol. The van der Waals surface area contributed by atoms with E-state index in [2.05, 4.69) is 19.8 Å². The molecule has 3 N–H and O–H groups in total. The fourth-order valence-corrected chi connectivity index (χ4v) is 7.30. The molecular weight excluding hydrogens is 552 g/mol. The van der Waals surface area contributed by atoms with Crippen LogP contribution in [-0.2, 0) is 25.8 Å². The number of fused-ring (bicyclic) bond motifs is 2. The van der Waals surface area contributed by atoms with E-state index in [0.29, 0.717) is 17.9 Å². The van der Waals surface area contributed by atoms with Gasteiger partial charge in [0.05, 0.1) is 11.7 Å². The summed E-state index contributed by atoms with van der Waals surface area (Å²) in [5.74, 6) is -2.31. The van der Waals surface area contributed by atoms with Crippen molar-refractivity contribution in [2.45, 2.75) is 49.7 Å². The van der Waals surface area contributed by atoms with Crippen molar-refractivity contribution in [1.29, 1.82) is 0 Å². The van der Waals surface area contributed by atoms with E-state index in [9.17, 15) is 19.5 Å². The van der Waals surface area contributed by atoms with Crippen molar-refractivity contribution < 1.29 is 28.9 Å². The zero-order valence-corrected chi connectivity index (χ0v) is 22.3. The number of carboxylic acids is 1. The molecule has 6 rings (SSSR count). The van der Waals surface area contributed by atoms with Gasteiger partial charge in [0.25, 0.3) is 11.8 Å². The van der Waals surface area contributed by atoms with Crippen molar-refractivity contribution in [3.05, 3.63) is 41.2 Å². The van der Waals surface area contributed by atoms with Crippen LogP contribution in [-0.4, -0.2) is 65.4 Å². The van der Waals surface area contributed by atoms with Gasteiger partial charge in [-0.3, -0.25) is 14.5 Å². The third-order valence-corrected chi connectivity index (χ3v) is 9.28. The number of nitrogens with two attached hydrogens (primary N) is 1. The fourth-order valence-electron chi connectivity index (χ4n) is 4.77. The second kappa shape index (κ2) is 9.99. The quantitative estimate of drug-likeness (QED) is 0.156. The Morgan fingerprint density at radius 3 is 2.87 bits per heavy atom. The van der Waals surface area contributed by atoms with Crippen LogP contribution in [0.25, 0.3) is 4.83 Å². The molecule has 1 saturated heterocycles. The van der Waals surface area contributed by atoms with Crippen LogP contribution in [0.1, 0.15) is 31.5 Å². The summed E-state index contributed by atoms with van der Waals surface area (Å²) in [4.78, 5) is 50.2. The number of oxime groups is 1. The number of nitrogens with one attached hydrogen (secondary N) is 1. The van der Waals surface area contributed by atoms with Crippen LogP contribution in [0, 0.1) is 0 Å². The number of thioether (sulfide) groups is 1. The SMILES string of the molecule is Nc1nc(/C(=N/OC2CCCC2)C(=O)N[C@@H]2C(=O)N3C(C(=O)[O-])=C(C[n+]4cc5sccn5c4)CS[C@H]23)ns1. The number of hydrogen-bond donors (Lipinski definition) is 2. The molecule has 0 spiro atoms. The Morgan fingerprint density at radius 1 is 1.34 bits per heavy atom. The maximum absolute atomic E-state index is 13.2. The minimum atomic E-state index is -1.43. The van der Waals surface area contributed by atoms with Crippen molar-refractivity contribution in [3.63, 3.8) is 0 Å². The lowest BCUT2D eigenvalue weighted by Gasteiger charge is -2.50. The number of nitrogen functional groups attached to an aromatic ring is 1. The van der Waals surface area contributed by atoms with Gasteiger partial charge in [0.1, 0.15) is 36.5 Å². The molecule has 38 heavy (non-hydrogen) atoms.